The van der Waals surface area contributed by atoms with Crippen molar-refractivity contribution in [1.82, 2.24) is 0 Å². The third-order valence-corrected chi connectivity index (χ3v) is 7.36. The highest BCUT2D eigenvalue weighted by atomic mass is 32.2. The fourth-order valence-electron chi connectivity index (χ4n) is 4.44. The molecule has 1 atom stereocenters. The molecule has 2 heterocycles. The van der Waals surface area contributed by atoms with Gasteiger partial charge in [0.05, 0.1) is 16.7 Å². The zero-order chi connectivity index (χ0) is 21.2. The number of anilines is 3. The van der Waals surface area contributed by atoms with Crippen LogP contribution in [0.4, 0.5) is 17.1 Å². The SMILES string of the molecule is CCCCC1=CC(=CC2Sc3ccccc3N2C)c2ccccc2N1c1ccccc1. The van der Waals surface area contributed by atoms with E-state index in [2.05, 4.69) is 115 Å². The Labute approximate surface area is 189 Å². The van der Waals surface area contributed by atoms with Crippen molar-refractivity contribution in [3.8, 4) is 0 Å². The molecule has 0 radical (unpaired) electrons. The topological polar surface area (TPSA) is 6.48 Å². The third kappa shape index (κ3) is 3.79. The number of unbranched alkanes of at least 4 members (excludes halogenated alkanes) is 1. The van der Waals surface area contributed by atoms with Crippen molar-refractivity contribution in [1.29, 1.82) is 0 Å². The minimum absolute atomic E-state index is 0.299. The lowest BCUT2D eigenvalue weighted by molar-refractivity contribution is 0.773. The lowest BCUT2D eigenvalue weighted by Gasteiger charge is -2.34. The van der Waals surface area contributed by atoms with Gasteiger partial charge < -0.3 is 9.80 Å². The number of nitrogens with zero attached hydrogens (tertiary/aromatic N) is 2. The van der Waals surface area contributed by atoms with Crippen molar-refractivity contribution in [3.05, 3.63) is 102 Å². The highest BCUT2D eigenvalue weighted by molar-refractivity contribution is 8.00. The maximum absolute atomic E-state index is 2.45. The smallest absolute Gasteiger partial charge is 0.0988 e. The maximum atomic E-state index is 2.45. The summed E-state index contributed by atoms with van der Waals surface area (Å²) in [6.45, 7) is 2.27. The zero-order valence-electron chi connectivity index (χ0n) is 18.2. The minimum atomic E-state index is 0.299. The number of allylic oxidation sites excluding steroid dienone is 3. The van der Waals surface area contributed by atoms with Crippen LogP contribution in [-0.4, -0.2) is 12.4 Å². The summed E-state index contributed by atoms with van der Waals surface area (Å²) < 4.78 is 0. The first-order chi connectivity index (χ1) is 15.3. The van der Waals surface area contributed by atoms with Crippen molar-refractivity contribution in [2.45, 2.75) is 36.5 Å². The Hall–Kier alpha value is -2.91. The van der Waals surface area contributed by atoms with E-state index in [1.165, 1.54) is 51.6 Å². The van der Waals surface area contributed by atoms with Crippen LogP contribution in [0.2, 0.25) is 0 Å². The van der Waals surface area contributed by atoms with E-state index in [9.17, 15) is 0 Å². The molecule has 1 unspecified atom stereocenters. The molecule has 3 heteroatoms. The molecule has 0 amide bonds. The van der Waals surface area contributed by atoms with Gasteiger partial charge in [0.15, 0.2) is 0 Å². The molecule has 3 aromatic carbocycles. The average molecular weight is 425 g/mol. The first-order valence-corrected chi connectivity index (χ1v) is 12.0. The van der Waals surface area contributed by atoms with Gasteiger partial charge in [-0.2, -0.15) is 0 Å². The normalized spacial score (nSPS) is 18.7. The molecular weight excluding hydrogens is 396 g/mol. The predicted molar refractivity (Wildman–Crippen MR) is 135 cm³/mol. The Kier molecular flexibility index (Phi) is 5.61. The van der Waals surface area contributed by atoms with Gasteiger partial charge in [-0.15, -0.1) is 0 Å². The number of hydrogen-bond donors (Lipinski definition) is 0. The molecule has 2 aliphatic heterocycles. The molecular formula is C28H28N2S. The Morgan fingerprint density at radius 2 is 1.58 bits per heavy atom. The first kappa shape index (κ1) is 20.0. The molecule has 0 N–H and O–H groups in total. The summed E-state index contributed by atoms with van der Waals surface area (Å²) in [6.07, 6.45) is 8.32. The van der Waals surface area contributed by atoms with Crippen LogP contribution in [0.15, 0.2) is 102 Å². The Morgan fingerprint density at radius 1 is 0.871 bits per heavy atom. The predicted octanol–water partition coefficient (Wildman–Crippen LogP) is 7.86. The van der Waals surface area contributed by atoms with Crippen molar-refractivity contribution in [3.63, 3.8) is 0 Å². The van der Waals surface area contributed by atoms with Crippen LogP contribution in [0.1, 0.15) is 31.7 Å². The summed E-state index contributed by atoms with van der Waals surface area (Å²) in [5.41, 5.74) is 7.83. The molecule has 0 fully saturated rings. The second-order valence-electron chi connectivity index (χ2n) is 8.14. The van der Waals surface area contributed by atoms with Gasteiger partial charge in [-0.1, -0.05) is 73.6 Å². The second kappa shape index (κ2) is 8.68. The second-order valence-corrected chi connectivity index (χ2v) is 9.29. The number of fused-ring (bicyclic) bond motifs is 2. The van der Waals surface area contributed by atoms with Gasteiger partial charge in [0, 0.05) is 28.9 Å². The summed E-state index contributed by atoms with van der Waals surface area (Å²) in [6, 6.07) is 28.3. The van der Waals surface area contributed by atoms with E-state index < -0.39 is 0 Å². The van der Waals surface area contributed by atoms with Crippen LogP contribution in [0, 0.1) is 0 Å². The van der Waals surface area contributed by atoms with Gasteiger partial charge >= 0.3 is 0 Å². The lowest BCUT2D eigenvalue weighted by Crippen LogP contribution is -2.24. The number of hydrogen-bond acceptors (Lipinski definition) is 3. The summed E-state index contributed by atoms with van der Waals surface area (Å²) >= 11 is 1.94. The quantitative estimate of drug-likeness (QED) is 0.411. The van der Waals surface area contributed by atoms with E-state index in [4.69, 9.17) is 0 Å². The number of benzene rings is 3. The van der Waals surface area contributed by atoms with Gasteiger partial charge in [-0.3, -0.25) is 0 Å². The molecule has 0 saturated heterocycles. The van der Waals surface area contributed by atoms with Gasteiger partial charge in [-0.05, 0) is 60.9 Å². The number of likely N-dealkylation sites (N-methyl/N-ethyl adjacent to an activating group) is 1. The lowest BCUT2D eigenvalue weighted by atomic mass is 9.94. The first-order valence-electron chi connectivity index (χ1n) is 11.1. The highest BCUT2D eigenvalue weighted by Crippen LogP contribution is 2.46. The number of para-hydroxylation sites is 3. The fraction of sp³-hybridized carbons (Fsp3) is 0.214. The molecule has 3 aromatic rings. The molecule has 156 valence electrons. The summed E-state index contributed by atoms with van der Waals surface area (Å²) in [5, 5.41) is 0.299. The Bertz CT molecular complexity index is 1130. The van der Waals surface area contributed by atoms with E-state index >= 15 is 0 Å². The summed E-state index contributed by atoms with van der Waals surface area (Å²) in [7, 11) is 2.20. The van der Waals surface area contributed by atoms with E-state index in [0.717, 1.165) is 6.42 Å². The Morgan fingerprint density at radius 3 is 2.35 bits per heavy atom. The molecule has 0 spiro atoms. The van der Waals surface area contributed by atoms with Crippen molar-refractivity contribution < 1.29 is 0 Å². The highest BCUT2D eigenvalue weighted by Gasteiger charge is 2.28. The van der Waals surface area contributed by atoms with E-state index in [1.807, 2.05) is 11.8 Å². The fourth-order valence-corrected chi connectivity index (χ4v) is 5.68. The molecule has 5 rings (SSSR count). The van der Waals surface area contributed by atoms with Crippen LogP contribution < -0.4 is 9.80 Å². The van der Waals surface area contributed by atoms with Gasteiger partial charge in [-0.25, -0.2) is 0 Å². The van der Waals surface area contributed by atoms with Crippen LogP contribution in [0.3, 0.4) is 0 Å². The molecule has 0 saturated carbocycles. The van der Waals surface area contributed by atoms with E-state index in [-0.39, 0.29) is 0 Å². The van der Waals surface area contributed by atoms with Crippen LogP contribution in [0.5, 0.6) is 0 Å². The molecule has 0 aliphatic carbocycles. The maximum Gasteiger partial charge on any atom is 0.0988 e. The van der Waals surface area contributed by atoms with Crippen LogP contribution >= 0.6 is 11.8 Å². The van der Waals surface area contributed by atoms with Crippen LogP contribution in [0.25, 0.3) is 5.57 Å². The monoisotopic (exact) mass is 424 g/mol. The average Bonchev–Trinajstić information content (AvgIpc) is 3.13. The summed E-state index contributed by atoms with van der Waals surface area (Å²) in [4.78, 5) is 6.19. The van der Waals surface area contributed by atoms with Gasteiger partial charge in [0.25, 0.3) is 0 Å². The van der Waals surface area contributed by atoms with E-state index in [1.54, 1.807) is 0 Å². The molecule has 31 heavy (non-hydrogen) atoms. The zero-order valence-corrected chi connectivity index (χ0v) is 19.0. The van der Waals surface area contributed by atoms with Crippen molar-refractivity contribution in [2.24, 2.45) is 0 Å². The van der Waals surface area contributed by atoms with Gasteiger partial charge in [0.1, 0.15) is 0 Å². The number of rotatable bonds is 5. The molecule has 2 aliphatic rings. The minimum Gasteiger partial charge on any atom is -0.358 e. The molecule has 0 aromatic heterocycles. The van der Waals surface area contributed by atoms with Crippen molar-refractivity contribution >= 4 is 34.4 Å². The van der Waals surface area contributed by atoms with Gasteiger partial charge in [0.2, 0.25) is 0 Å². The molecule has 0 bridgehead atoms. The number of thioether (sulfide) groups is 1. The van der Waals surface area contributed by atoms with Crippen molar-refractivity contribution in [2.75, 3.05) is 16.8 Å². The standard InChI is InChI=1S/C28H28N2S/c1-3-4-12-23-19-21(20-28-29(2)26-17-10-11-18-27(26)31-28)24-15-8-9-16-25(24)30(23)22-13-6-5-7-14-22/h5-11,13-20,28H,3-4,12H2,1-2H3. The third-order valence-electron chi connectivity index (χ3n) is 6.06. The molecule has 2 nitrogen and oxygen atoms in total. The largest absolute Gasteiger partial charge is 0.358 e. The van der Waals surface area contributed by atoms with E-state index in [0.29, 0.717) is 5.37 Å². The Balaban J connectivity index is 1.59. The summed E-state index contributed by atoms with van der Waals surface area (Å²) in [5.74, 6) is 0. The van der Waals surface area contributed by atoms with Crippen LogP contribution in [-0.2, 0) is 0 Å².